The smallest absolute Gasteiger partial charge is 0.260 e. The molecule has 0 aromatic rings. The monoisotopic (exact) mass is 198 g/mol. The Hall–Kier alpha value is 0.1000. The molecular formula is C7H12ClFO3. The lowest BCUT2D eigenvalue weighted by molar-refractivity contribution is -0.192. The van der Waals surface area contributed by atoms with Crippen LogP contribution in [0.5, 0.6) is 0 Å². The Morgan fingerprint density at radius 1 is 1.67 bits per heavy atom. The van der Waals surface area contributed by atoms with E-state index in [1.54, 1.807) is 6.92 Å². The van der Waals surface area contributed by atoms with Crippen LogP contribution in [0.1, 0.15) is 13.8 Å². The van der Waals surface area contributed by atoms with Crippen LogP contribution in [0.4, 0.5) is 4.39 Å². The van der Waals surface area contributed by atoms with Crippen LogP contribution in [0.3, 0.4) is 0 Å². The van der Waals surface area contributed by atoms with Crippen molar-refractivity contribution in [2.75, 3.05) is 6.61 Å². The van der Waals surface area contributed by atoms with E-state index in [4.69, 9.17) is 21.4 Å². The number of rotatable bonds is 1. The summed E-state index contributed by atoms with van der Waals surface area (Å²) in [5, 5.41) is 18.0. The number of aliphatic hydroxyl groups is 2. The highest BCUT2D eigenvalue weighted by Crippen LogP contribution is 2.43. The van der Waals surface area contributed by atoms with Gasteiger partial charge in [-0.1, -0.05) is 0 Å². The van der Waals surface area contributed by atoms with Gasteiger partial charge in [0.05, 0.1) is 11.0 Å². The first-order valence-corrected chi connectivity index (χ1v) is 4.07. The van der Waals surface area contributed by atoms with Gasteiger partial charge in [0.1, 0.15) is 12.7 Å². The van der Waals surface area contributed by atoms with Crippen molar-refractivity contribution in [1.82, 2.24) is 0 Å². The summed E-state index contributed by atoms with van der Waals surface area (Å²) in [4.78, 5) is -1.18. The maximum atomic E-state index is 13.4. The number of alkyl halides is 2. The van der Waals surface area contributed by atoms with Crippen molar-refractivity contribution >= 4 is 11.6 Å². The van der Waals surface area contributed by atoms with Gasteiger partial charge in [0.2, 0.25) is 0 Å². The summed E-state index contributed by atoms with van der Waals surface area (Å²) in [5.74, 6) is -2.42. The molecule has 1 aliphatic rings. The largest absolute Gasteiger partial charge is 0.390 e. The Kier molecular flexibility index (Phi) is 2.38. The minimum atomic E-state index is -2.42. The molecule has 12 heavy (non-hydrogen) atoms. The number of hydrogen-bond donors (Lipinski definition) is 2. The van der Waals surface area contributed by atoms with E-state index < -0.39 is 29.5 Å². The Labute approximate surface area is 75.1 Å². The standard InChI is InChI=1S/C7H12ClFO3/c1-4-6(2,8)5(11)7(9,3-10)12-4/h4-5,10-11H,3H2,1-2H3. The molecular weight excluding hydrogens is 187 g/mol. The Morgan fingerprint density at radius 3 is 2.33 bits per heavy atom. The SMILES string of the molecule is CC1OC(F)(CO)C(O)C1(C)Cl. The number of aliphatic hydroxyl groups excluding tert-OH is 2. The van der Waals surface area contributed by atoms with Crippen LogP contribution < -0.4 is 0 Å². The average molecular weight is 199 g/mol. The predicted octanol–water partition coefficient (Wildman–Crippen LogP) is 0.422. The summed E-state index contributed by atoms with van der Waals surface area (Å²) in [7, 11) is 0. The van der Waals surface area contributed by atoms with E-state index >= 15 is 0 Å². The summed E-state index contributed by atoms with van der Waals surface area (Å²) in [6, 6.07) is 0. The highest BCUT2D eigenvalue weighted by atomic mass is 35.5. The molecule has 4 atom stereocenters. The van der Waals surface area contributed by atoms with E-state index in [1.807, 2.05) is 0 Å². The van der Waals surface area contributed by atoms with Gasteiger partial charge in [-0.25, -0.2) is 4.39 Å². The summed E-state index contributed by atoms with van der Waals surface area (Å²) in [5.41, 5.74) is 0. The number of halogens is 2. The van der Waals surface area contributed by atoms with Crippen molar-refractivity contribution in [1.29, 1.82) is 0 Å². The lowest BCUT2D eigenvalue weighted by atomic mass is 9.97. The fourth-order valence-electron chi connectivity index (χ4n) is 1.24. The summed E-state index contributed by atoms with van der Waals surface area (Å²) < 4.78 is 18.1. The van der Waals surface area contributed by atoms with Gasteiger partial charge in [-0.05, 0) is 13.8 Å². The van der Waals surface area contributed by atoms with E-state index in [9.17, 15) is 9.50 Å². The van der Waals surface area contributed by atoms with E-state index in [2.05, 4.69) is 0 Å². The molecule has 0 amide bonds. The molecule has 0 saturated carbocycles. The minimum absolute atomic E-state index is 0.633. The Morgan fingerprint density at radius 2 is 2.17 bits per heavy atom. The second-order valence-electron chi connectivity index (χ2n) is 3.26. The second-order valence-corrected chi connectivity index (χ2v) is 4.07. The van der Waals surface area contributed by atoms with E-state index in [1.165, 1.54) is 6.92 Å². The Bertz CT molecular complexity index is 187. The Balaban J connectivity index is 2.90. The van der Waals surface area contributed by atoms with E-state index in [-0.39, 0.29) is 0 Å². The molecule has 0 spiro atoms. The van der Waals surface area contributed by atoms with Gasteiger partial charge in [-0.3, -0.25) is 0 Å². The molecule has 1 aliphatic heterocycles. The van der Waals surface area contributed by atoms with Gasteiger partial charge in [-0.2, -0.15) is 0 Å². The van der Waals surface area contributed by atoms with Crippen LogP contribution in [0.2, 0.25) is 0 Å². The number of hydrogen-bond acceptors (Lipinski definition) is 3. The maximum Gasteiger partial charge on any atom is 0.260 e. The highest BCUT2D eigenvalue weighted by Gasteiger charge is 2.59. The van der Waals surface area contributed by atoms with Crippen molar-refractivity contribution in [2.24, 2.45) is 0 Å². The van der Waals surface area contributed by atoms with Crippen molar-refractivity contribution in [3.8, 4) is 0 Å². The van der Waals surface area contributed by atoms with Gasteiger partial charge < -0.3 is 14.9 Å². The first-order valence-electron chi connectivity index (χ1n) is 3.69. The maximum absolute atomic E-state index is 13.4. The van der Waals surface area contributed by atoms with Gasteiger partial charge >= 0.3 is 0 Å². The fourth-order valence-corrected chi connectivity index (χ4v) is 1.45. The topological polar surface area (TPSA) is 49.7 Å². The van der Waals surface area contributed by atoms with Crippen molar-refractivity contribution in [2.45, 2.75) is 36.8 Å². The summed E-state index contributed by atoms with van der Waals surface area (Å²) in [6.07, 6.45) is -2.14. The molecule has 5 heteroatoms. The molecule has 4 unspecified atom stereocenters. The van der Waals surface area contributed by atoms with Crippen LogP contribution in [-0.4, -0.2) is 39.8 Å². The third kappa shape index (κ3) is 1.23. The molecule has 3 nitrogen and oxygen atoms in total. The lowest BCUT2D eigenvalue weighted by Crippen LogP contribution is -2.45. The highest BCUT2D eigenvalue weighted by molar-refractivity contribution is 6.24. The van der Waals surface area contributed by atoms with Gasteiger partial charge in [0.25, 0.3) is 5.85 Å². The average Bonchev–Trinajstić information content (AvgIpc) is 2.14. The molecule has 0 aromatic heterocycles. The summed E-state index contributed by atoms with van der Waals surface area (Å²) >= 11 is 5.81. The van der Waals surface area contributed by atoms with Gasteiger partial charge in [0.15, 0.2) is 0 Å². The van der Waals surface area contributed by atoms with E-state index in [0.717, 1.165) is 0 Å². The molecule has 0 bridgehead atoms. The van der Waals surface area contributed by atoms with Crippen LogP contribution in [0.25, 0.3) is 0 Å². The van der Waals surface area contributed by atoms with Crippen LogP contribution in [-0.2, 0) is 4.74 Å². The normalized spacial score (nSPS) is 54.5. The molecule has 1 heterocycles. The molecule has 2 N–H and O–H groups in total. The zero-order chi connectivity index (χ0) is 9.57. The molecule has 1 rings (SSSR count). The molecule has 1 fully saturated rings. The first-order chi connectivity index (χ1) is 5.34. The lowest BCUT2D eigenvalue weighted by Gasteiger charge is -2.24. The zero-order valence-corrected chi connectivity index (χ0v) is 7.68. The third-order valence-corrected chi connectivity index (χ3v) is 2.84. The van der Waals surface area contributed by atoms with Crippen molar-refractivity contribution in [3.63, 3.8) is 0 Å². The van der Waals surface area contributed by atoms with Crippen LogP contribution in [0.15, 0.2) is 0 Å². The molecule has 1 saturated heterocycles. The van der Waals surface area contributed by atoms with Crippen molar-refractivity contribution in [3.05, 3.63) is 0 Å². The molecule has 0 aromatic carbocycles. The van der Waals surface area contributed by atoms with Gasteiger partial charge in [0, 0.05) is 0 Å². The van der Waals surface area contributed by atoms with E-state index in [0.29, 0.717) is 0 Å². The molecule has 72 valence electrons. The first kappa shape index (κ1) is 10.2. The number of ether oxygens (including phenoxy) is 1. The fraction of sp³-hybridized carbons (Fsp3) is 1.00. The second kappa shape index (κ2) is 2.80. The quantitative estimate of drug-likeness (QED) is 0.601. The summed E-state index contributed by atoms with van der Waals surface area (Å²) in [6.45, 7) is 2.13. The molecule has 0 aliphatic carbocycles. The minimum Gasteiger partial charge on any atom is -0.390 e. The predicted molar refractivity (Wildman–Crippen MR) is 41.7 cm³/mol. The molecule has 0 radical (unpaired) electrons. The van der Waals surface area contributed by atoms with Crippen LogP contribution >= 0.6 is 11.6 Å². The van der Waals surface area contributed by atoms with Gasteiger partial charge in [-0.15, -0.1) is 11.6 Å². The third-order valence-electron chi connectivity index (χ3n) is 2.33. The zero-order valence-electron chi connectivity index (χ0n) is 6.92. The van der Waals surface area contributed by atoms with Crippen LogP contribution in [0, 0.1) is 0 Å². The van der Waals surface area contributed by atoms with Crippen molar-refractivity contribution < 1.29 is 19.3 Å².